The maximum Gasteiger partial charge on any atom is 0.341 e. The topological polar surface area (TPSA) is 126 Å². The summed E-state index contributed by atoms with van der Waals surface area (Å²) >= 11 is 2.84. The van der Waals surface area contributed by atoms with Crippen molar-refractivity contribution in [1.82, 2.24) is 10.3 Å². The van der Waals surface area contributed by atoms with E-state index in [1.165, 1.54) is 23.1 Å². The fourth-order valence-electron chi connectivity index (χ4n) is 5.35. The van der Waals surface area contributed by atoms with E-state index >= 15 is 0 Å². The number of fused-ring (bicyclic) bond motifs is 1. The van der Waals surface area contributed by atoms with E-state index < -0.39 is 23.0 Å². The third-order valence-electron chi connectivity index (χ3n) is 7.79. The number of ether oxygens (including phenoxy) is 1. The molecule has 5 rings (SSSR count). The molecule has 48 heavy (non-hydrogen) atoms. The lowest BCUT2D eigenvalue weighted by atomic mass is 9.88. The van der Waals surface area contributed by atoms with Gasteiger partial charge in [-0.3, -0.25) is 19.4 Å². The van der Waals surface area contributed by atoms with Crippen molar-refractivity contribution in [2.75, 3.05) is 17.2 Å². The number of aromatic nitrogens is 1. The van der Waals surface area contributed by atoms with Crippen LogP contribution in [0.15, 0.2) is 89.7 Å². The van der Waals surface area contributed by atoms with E-state index in [2.05, 4.69) is 27.9 Å². The molecule has 11 heteroatoms. The first-order chi connectivity index (χ1) is 23.2. The van der Waals surface area contributed by atoms with Gasteiger partial charge in [0.25, 0.3) is 11.8 Å². The smallest absolute Gasteiger partial charge is 0.341 e. The summed E-state index contributed by atoms with van der Waals surface area (Å²) in [6.07, 6.45) is 7.97. The Hall–Kier alpha value is -4.74. The molecule has 3 amide bonds. The molecule has 2 unspecified atom stereocenters. The largest absolute Gasteiger partial charge is 0.462 e. The minimum atomic E-state index is -0.516. The number of thiophene rings is 1. The average Bonchev–Trinajstić information content (AvgIpc) is 3.44. The maximum atomic E-state index is 13.6. The van der Waals surface area contributed by atoms with Gasteiger partial charge >= 0.3 is 5.97 Å². The highest BCUT2D eigenvalue weighted by atomic mass is 32.2. The van der Waals surface area contributed by atoms with Crippen LogP contribution in [0.25, 0.3) is 6.08 Å². The highest BCUT2D eigenvalue weighted by molar-refractivity contribution is 8.00. The van der Waals surface area contributed by atoms with E-state index in [0.29, 0.717) is 39.7 Å². The SMILES string of the molecule is CCOC(=O)c1c(NC(=O)C(CC)Sc2cccc(NC(=O)/C(=C/c3cccnc3)NC(=O)c3ccccc3)c2)sc2c1CCC(C)C2. The van der Waals surface area contributed by atoms with Crippen molar-refractivity contribution in [3.63, 3.8) is 0 Å². The van der Waals surface area contributed by atoms with Gasteiger partial charge in [-0.25, -0.2) is 4.79 Å². The molecule has 0 aliphatic heterocycles. The number of thioether (sulfide) groups is 1. The number of esters is 1. The van der Waals surface area contributed by atoms with Crippen molar-refractivity contribution >= 4 is 63.6 Å². The number of pyridine rings is 1. The fourth-order valence-corrected chi connectivity index (χ4v) is 7.77. The fraction of sp³-hybridized carbons (Fsp3) is 0.270. The highest BCUT2D eigenvalue weighted by Crippen LogP contribution is 2.40. The Labute approximate surface area is 288 Å². The summed E-state index contributed by atoms with van der Waals surface area (Å²) in [5.41, 5.74) is 3.08. The summed E-state index contributed by atoms with van der Waals surface area (Å²) in [7, 11) is 0. The molecule has 0 bridgehead atoms. The number of nitrogens with one attached hydrogen (secondary N) is 3. The minimum Gasteiger partial charge on any atom is -0.462 e. The zero-order chi connectivity index (χ0) is 34.0. The molecule has 0 radical (unpaired) electrons. The highest BCUT2D eigenvalue weighted by Gasteiger charge is 2.30. The lowest BCUT2D eigenvalue weighted by molar-refractivity contribution is -0.116. The predicted molar refractivity (Wildman–Crippen MR) is 191 cm³/mol. The molecule has 0 saturated carbocycles. The van der Waals surface area contributed by atoms with Crippen molar-refractivity contribution in [3.05, 3.63) is 112 Å². The van der Waals surface area contributed by atoms with Crippen LogP contribution in [-0.2, 0) is 27.2 Å². The Morgan fingerprint density at radius 3 is 2.58 bits per heavy atom. The molecule has 1 aliphatic carbocycles. The summed E-state index contributed by atoms with van der Waals surface area (Å²) in [6, 6.07) is 19.4. The molecule has 4 aromatic rings. The van der Waals surface area contributed by atoms with Crippen LogP contribution in [0.2, 0.25) is 0 Å². The van der Waals surface area contributed by atoms with Crippen LogP contribution >= 0.6 is 23.1 Å². The zero-order valence-corrected chi connectivity index (χ0v) is 28.7. The van der Waals surface area contributed by atoms with Gasteiger partial charge < -0.3 is 20.7 Å². The van der Waals surface area contributed by atoms with E-state index in [-0.39, 0.29) is 18.2 Å². The molecule has 9 nitrogen and oxygen atoms in total. The van der Waals surface area contributed by atoms with Gasteiger partial charge in [0.2, 0.25) is 5.91 Å². The third kappa shape index (κ3) is 8.78. The minimum absolute atomic E-state index is 0.0474. The van der Waals surface area contributed by atoms with Crippen LogP contribution < -0.4 is 16.0 Å². The third-order valence-corrected chi connectivity index (χ3v) is 10.3. The molecule has 1 aliphatic rings. The van der Waals surface area contributed by atoms with E-state index in [4.69, 9.17) is 4.74 Å². The van der Waals surface area contributed by atoms with Crippen molar-refractivity contribution in [2.45, 2.75) is 56.6 Å². The van der Waals surface area contributed by atoms with Crippen LogP contribution in [0.5, 0.6) is 0 Å². The summed E-state index contributed by atoms with van der Waals surface area (Å²) in [5, 5.41) is 8.73. The average molecular weight is 683 g/mol. The Balaban J connectivity index is 1.31. The number of rotatable bonds is 12. The van der Waals surface area contributed by atoms with E-state index in [1.807, 2.05) is 19.1 Å². The normalized spacial score (nSPS) is 14.7. The number of amides is 3. The molecule has 3 N–H and O–H groups in total. The standard InChI is InChI=1S/C37H38N4O5S2/c1-4-30(35(44)41-36-32(37(45)46-5-2)28-17-16-23(3)19-31(28)48-36)47-27-15-9-14-26(21-27)39-34(43)29(20-24-11-10-18-38-22-24)40-33(42)25-12-7-6-8-13-25/h6-15,18,20-23,30H,4-5,16-17,19H2,1-3H3,(H,39,43)(H,40,42)(H,41,44)/b29-20-. The first-order valence-electron chi connectivity index (χ1n) is 15.9. The summed E-state index contributed by atoms with van der Waals surface area (Å²) in [4.78, 5) is 59.0. The Kier molecular flexibility index (Phi) is 11.8. The van der Waals surface area contributed by atoms with Crippen LogP contribution in [0.1, 0.15) is 70.3 Å². The molecule has 248 valence electrons. The van der Waals surface area contributed by atoms with Gasteiger partial charge in [0.05, 0.1) is 17.4 Å². The number of nitrogens with zero attached hydrogens (tertiary/aromatic N) is 1. The van der Waals surface area contributed by atoms with E-state index in [9.17, 15) is 19.2 Å². The first-order valence-corrected chi connectivity index (χ1v) is 17.6. The van der Waals surface area contributed by atoms with Gasteiger partial charge in [-0.1, -0.05) is 44.2 Å². The van der Waals surface area contributed by atoms with Crippen molar-refractivity contribution in [3.8, 4) is 0 Å². The number of hydrogen-bond acceptors (Lipinski definition) is 8. The second kappa shape index (κ2) is 16.4. The number of hydrogen-bond donors (Lipinski definition) is 3. The molecule has 0 saturated heterocycles. The molecule has 2 atom stereocenters. The number of carbonyl (C=O) groups excluding carboxylic acids is 4. The zero-order valence-electron chi connectivity index (χ0n) is 27.1. The Bertz CT molecular complexity index is 1810. The van der Waals surface area contributed by atoms with Crippen LogP contribution in [0.4, 0.5) is 10.7 Å². The molecule has 2 heterocycles. The lowest BCUT2D eigenvalue weighted by Gasteiger charge is -2.18. The van der Waals surface area contributed by atoms with Crippen molar-refractivity contribution < 1.29 is 23.9 Å². The first kappa shape index (κ1) is 34.6. The molecule has 0 fully saturated rings. The van der Waals surface area contributed by atoms with Gasteiger partial charge in [0.15, 0.2) is 0 Å². The van der Waals surface area contributed by atoms with Crippen LogP contribution in [0.3, 0.4) is 0 Å². The number of benzene rings is 2. The van der Waals surface area contributed by atoms with Gasteiger partial charge in [0.1, 0.15) is 10.7 Å². The van der Waals surface area contributed by atoms with E-state index in [1.54, 1.807) is 80.0 Å². The summed E-state index contributed by atoms with van der Waals surface area (Å²) in [5.74, 6) is -1.03. The predicted octanol–water partition coefficient (Wildman–Crippen LogP) is 7.36. The molecule has 2 aromatic heterocycles. The Morgan fingerprint density at radius 2 is 1.85 bits per heavy atom. The van der Waals surface area contributed by atoms with Gasteiger partial charge in [-0.05, 0) is 92.1 Å². The number of anilines is 2. The molecule has 0 spiro atoms. The van der Waals surface area contributed by atoms with Gasteiger partial charge in [-0.15, -0.1) is 23.1 Å². The summed E-state index contributed by atoms with van der Waals surface area (Å²) in [6.45, 7) is 6.16. The van der Waals surface area contributed by atoms with Crippen LogP contribution in [0, 0.1) is 5.92 Å². The second-order valence-electron chi connectivity index (χ2n) is 11.4. The maximum absolute atomic E-state index is 13.6. The molecular formula is C37H38N4O5S2. The molecular weight excluding hydrogens is 645 g/mol. The summed E-state index contributed by atoms with van der Waals surface area (Å²) < 4.78 is 5.37. The van der Waals surface area contributed by atoms with Gasteiger partial charge in [0, 0.05) is 33.4 Å². The second-order valence-corrected chi connectivity index (χ2v) is 13.8. The van der Waals surface area contributed by atoms with Crippen molar-refractivity contribution in [1.29, 1.82) is 0 Å². The van der Waals surface area contributed by atoms with E-state index in [0.717, 1.165) is 34.6 Å². The van der Waals surface area contributed by atoms with Crippen molar-refractivity contribution in [2.24, 2.45) is 5.92 Å². The monoisotopic (exact) mass is 682 g/mol. The Morgan fingerprint density at radius 1 is 1.04 bits per heavy atom. The number of carbonyl (C=O) groups is 4. The lowest BCUT2D eigenvalue weighted by Crippen LogP contribution is -2.30. The van der Waals surface area contributed by atoms with Gasteiger partial charge in [-0.2, -0.15) is 0 Å². The van der Waals surface area contributed by atoms with Crippen LogP contribution in [-0.4, -0.2) is 40.5 Å². The molecule has 2 aromatic carbocycles. The quantitative estimate of drug-likeness (QED) is 0.0810.